The van der Waals surface area contributed by atoms with Gasteiger partial charge >= 0.3 is 0 Å². The van der Waals surface area contributed by atoms with Gasteiger partial charge in [-0.05, 0) is 48.7 Å². The van der Waals surface area contributed by atoms with Crippen LogP contribution in [0.15, 0.2) is 78.2 Å². The normalized spacial score (nSPS) is 11.7. The van der Waals surface area contributed by atoms with Gasteiger partial charge in [0.1, 0.15) is 0 Å². The molecule has 0 spiro atoms. The number of hydrogen-bond donors (Lipinski definition) is 2. The second kappa shape index (κ2) is 9.98. The summed E-state index contributed by atoms with van der Waals surface area (Å²) in [6, 6.07) is 23.4. The van der Waals surface area contributed by atoms with Crippen LogP contribution >= 0.6 is 22.9 Å². The first-order chi connectivity index (χ1) is 15.5. The molecular weight excluding hydrogens is 438 g/mol. The predicted molar refractivity (Wildman–Crippen MR) is 135 cm³/mol. The number of nitrogens with zero attached hydrogens (tertiary/aromatic N) is 1. The van der Waals surface area contributed by atoms with Crippen LogP contribution in [-0.2, 0) is 4.79 Å². The molecule has 32 heavy (non-hydrogen) atoms. The lowest BCUT2D eigenvalue weighted by Gasteiger charge is -2.15. The smallest absolute Gasteiger partial charge is 0.231 e. The molecule has 3 aromatic carbocycles. The summed E-state index contributed by atoms with van der Waals surface area (Å²) in [4.78, 5) is 17.6. The Labute approximate surface area is 197 Å². The van der Waals surface area contributed by atoms with Crippen molar-refractivity contribution in [3.05, 3.63) is 94.3 Å². The maximum Gasteiger partial charge on any atom is 0.231 e. The van der Waals surface area contributed by atoms with Gasteiger partial charge in [-0.25, -0.2) is 4.98 Å². The highest BCUT2D eigenvalue weighted by atomic mass is 35.5. The summed E-state index contributed by atoms with van der Waals surface area (Å²) in [5.41, 5.74) is 5.61. The zero-order valence-corrected chi connectivity index (χ0v) is 19.5. The monoisotopic (exact) mass is 461 g/mol. The zero-order valence-electron chi connectivity index (χ0n) is 17.9. The van der Waals surface area contributed by atoms with Crippen molar-refractivity contribution in [2.24, 2.45) is 0 Å². The van der Waals surface area contributed by atoms with E-state index in [1.165, 1.54) is 11.3 Å². The molecule has 0 fully saturated rings. The third-order valence-electron chi connectivity index (χ3n) is 5.30. The molecule has 0 aliphatic rings. The Hall–Kier alpha value is -3.15. The fraction of sp³-hybridized carbons (Fsp3) is 0.154. The Morgan fingerprint density at radius 2 is 1.88 bits per heavy atom. The van der Waals surface area contributed by atoms with Gasteiger partial charge in [-0.1, -0.05) is 67.1 Å². The average Bonchev–Trinajstić information content (AvgIpc) is 3.26. The fourth-order valence-electron chi connectivity index (χ4n) is 3.55. The first-order valence-electron chi connectivity index (χ1n) is 10.5. The molecule has 0 aliphatic heterocycles. The summed E-state index contributed by atoms with van der Waals surface area (Å²) in [6.07, 6.45) is 0.736. The number of carbonyl (C=O) groups excluding carboxylic acids is 1. The van der Waals surface area contributed by atoms with E-state index in [2.05, 4.69) is 10.6 Å². The zero-order chi connectivity index (χ0) is 22.5. The molecule has 162 valence electrons. The lowest BCUT2D eigenvalue weighted by Crippen LogP contribution is -2.20. The van der Waals surface area contributed by atoms with E-state index in [-0.39, 0.29) is 11.8 Å². The summed E-state index contributed by atoms with van der Waals surface area (Å²) in [7, 11) is 0. The van der Waals surface area contributed by atoms with Crippen LogP contribution in [0.25, 0.3) is 11.3 Å². The van der Waals surface area contributed by atoms with Crippen LogP contribution in [0.4, 0.5) is 16.5 Å². The Bertz CT molecular complexity index is 1220. The molecule has 1 unspecified atom stereocenters. The van der Waals surface area contributed by atoms with Crippen molar-refractivity contribution in [3.63, 3.8) is 0 Å². The topological polar surface area (TPSA) is 54.0 Å². The second-order valence-electron chi connectivity index (χ2n) is 7.56. The summed E-state index contributed by atoms with van der Waals surface area (Å²) in [5.74, 6) is -0.191. The van der Waals surface area contributed by atoms with E-state index in [1.54, 1.807) is 0 Å². The van der Waals surface area contributed by atoms with Crippen molar-refractivity contribution in [3.8, 4) is 11.3 Å². The molecule has 0 bridgehead atoms. The molecule has 4 nitrogen and oxygen atoms in total. The molecule has 0 aliphatic carbocycles. The van der Waals surface area contributed by atoms with Gasteiger partial charge in [-0.2, -0.15) is 0 Å². The first-order valence-corrected chi connectivity index (χ1v) is 11.7. The standard InChI is InChI=1S/C26H24ClN3OS/c1-3-22(18-8-5-4-6-9-18)25(31)28-21-11-7-10-19(14-21)24-16-32-26(30-24)29-23-15-20(27)13-12-17(23)2/h4-16,22H,3H2,1-2H3,(H,28,31)(H,29,30). The Morgan fingerprint density at radius 3 is 2.66 bits per heavy atom. The van der Waals surface area contributed by atoms with E-state index in [1.807, 2.05) is 92.0 Å². The highest BCUT2D eigenvalue weighted by Crippen LogP contribution is 2.31. The van der Waals surface area contributed by atoms with Crippen molar-refractivity contribution in [1.82, 2.24) is 4.98 Å². The van der Waals surface area contributed by atoms with E-state index >= 15 is 0 Å². The molecule has 1 heterocycles. The third-order valence-corrected chi connectivity index (χ3v) is 6.29. The fourth-order valence-corrected chi connectivity index (χ4v) is 4.46. The number of benzene rings is 3. The minimum atomic E-state index is -0.184. The van der Waals surface area contributed by atoms with Gasteiger partial charge in [0.2, 0.25) is 5.91 Å². The van der Waals surface area contributed by atoms with E-state index in [0.29, 0.717) is 5.02 Å². The van der Waals surface area contributed by atoms with E-state index in [9.17, 15) is 4.79 Å². The summed E-state index contributed by atoms with van der Waals surface area (Å²) in [5, 5.41) is 9.88. The lowest BCUT2D eigenvalue weighted by molar-refractivity contribution is -0.117. The second-order valence-corrected chi connectivity index (χ2v) is 8.86. The van der Waals surface area contributed by atoms with Crippen LogP contribution in [0.2, 0.25) is 5.02 Å². The average molecular weight is 462 g/mol. The molecule has 6 heteroatoms. The molecule has 4 rings (SSSR count). The molecule has 2 N–H and O–H groups in total. The van der Waals surface area contributed by atoms with Crippen molar-refractivity contribution in [2.45, 2.75) is 26.2 Å². The van der Waals surface area contributed by atoms with Gasteiger partial charge in [0, 0.05) is 27.3 Å². The van der Waals surface area contributed by atoms with Crippen LogP contribution in [-0.4, -0.2) is 10.9 Å². The van der Waals surface area contributed by atoms with Crippen LogP contribution in [0.3, 0.4) is 0 Å². The number of halogens is 1. The lowest BCUT2D eigenvalue weighted by atomic mass is 9.95. The van der Waals surface area contributed by atoms with E-state index < -0.39 is 0 Å². The van der Waals surface area contributed by atoms with Gasteiger partial charge < -0.3 is 10.6 Å². The molecule has 0 saturated carbocycles. The number of carbonyl (C=O) groups is 1. The number of hydrogen-bond acceptors (Lipinski definition) is 4. The van der Waals surface area contributed by atoms with Gasteiger partial charge in [0.25, 0.3) is 0 Å². The number of aryl methyl sites for hydroxylation is 1. The predicted octanol–water partition coefficient (Wildman–Crippen LogP) is 7.65. The molecule has 4 aromatic rings. The Morgan fingerprint density at radius 1 is 1.06 bits per heavy atom. The van der Waals surface area contributed by atoms with Crippen LogP contribution < -0.4 is 10.6 Å². The van der Waals surface area contributed by atoms with Crippen LogP contribution in [0.5, 0.6) is 0 Å². The van der Waals surface area contributed by atoms with E-state index in [4.69, 9.17) is 16.6 Å². The SMILES string of the molecule is CCC(C(=O)Nc1cccc(-c2csc(Nc3cc(Cl)ccc3C)n2)c1)c1ccccc1. The molecule has 1 aromatic heterocycles. The van der Waals surface area contributed by atoms with Gasteiger partial charge in [0.05, 0.1) is 11.6 Å². The molecule has 1 atom stereocenters. The molecule has 1 amide bonds. The van der Waals surface area contributed by atoms with Crippen molar-refractivity contribution >= 4 is 45.4 Å². The number of aromatic nitrogens is 1. The maximum atomic E-state index is 12.9. The molecule has 0 saturated heterocycles. The largest absolute Gasteiger partial charge is 0.331 e. The number of nitrogens with one attached hydrogen (secondary N) is 2. The number of thiazole rings is 1. The van der Waals surface area contributed by atoms with Crippen LogP contribution in [0.1, 0.15) is 30.4 Å². The van der Waals surface area contributed by atoms with Crippen molar-refractivity contribution < 1.29 is 4.79 Å². The van der Waals surface area contributed by atoms with Crippen molar-refractivity contribution in [2.75, 3.05) is 10.6 Å². The van der Waals surface area contributed by atoms with Crippen LogP contribution in [0, 0.1) is 6.92 Å². The molecule has 0 radical (unpaired) electrons. The number of rotatable bonds is 7. The van der Waals surface area contributed by atoms with Gasteiger partial charge in [0.15, 0.2) is 5.13 Å². The quantitative estimate of drug-likeness (QED) is 0.297. The Balaban J connectivity index is 1.50. The number of anilines is 3. The highest BCUT2D eigenvalue weighted by molar-refractivity contribution is 7.14. The van der Waals surface area contributed by atoms with Crippen molar-refractivity contribution in [1.29, 1.82) is 0 Å². The maximum absolute atomic E-state index is 12.9. The van der Waals surface area contributed by atoms with Gasteiger partial charge in [-0.15, -0.1) is 11.3 Å². The minimum absolute atomic E-state index is 0.00656. The summed E-state index contributed by atoms with van der Waals surface area (Å²) < 4.78 is 0. The third kappa shape index (κ3) is 5.18. The first kappa shape index (κ1) is 22.1. The minimum Gasteiger partial charge on any atom is -0.331 e. The van der Waals surface area contributed by atoms with E-state index in [0.717, 1.165) is 45.3 Å². The summed E-state index contributed by atoms with van der Waals surface area (Å²) in [6.45, 7) is 4.05. The van der Waals surface area contributed by atoms with Gasteiger partial charge in [-0.3, -0.25) is 4.79 Å². The summed E-state index contributed by atoms with van der Waals surface area (Å²) >= 11 is 7.65. The Kier molecular flexibility index (Phi) is 6.88. The number of amides is 1. The molecular formula is C26H24ClN3OS. The highest BCUT2D eigenvalue weighted by Gasteiger charge is 2.18.